The molecule has 0 fully saturated rings. The van der Waals surface area contributed by atoms with E-state index in [9.17, 15) is 18.0 Å². The molecule has 1 heterocycles. The van der Waals surface area contributed by atoms with Crippen LogP contribution in [0.4, 0.5) is 18.3 Å². The van der Waals surface area contributed by atoms with Crippen LogP contribution >= 0.6 is 11.3 Å². The number of alkyl halides is 3. The number of carbonyl (C=O) groups is 1. The van der Waals surface area contributed by atoms with Gasteiger partial charge in [0.25, 0.3) is 5.91 Å². The first kappa shape index (κ1) is 15.5. The monoisotopic (exact) mass is 336 g/mol. The standard InChI is InChI=1S/C16H11F3N2OS/c1-9-2-4-10(5-3-9)14(22)21-15-20-12-7-6-11(16(17,18)19)8-13(12)23-15/h2-8H,1H3,(H,20,21,22). The van der Waals surface area contributed by atoms with Crippen molar-refractivity contribution in [3.8, 4) is 0 Å². The Kier molecular flexibility index (Phi) is 3.81. The van der Waals surface area contributed by atoms with E-state index >= 15 is 0 Å². The number of thiazole rings is 1. The zero-order chi connectivity index (χ0) is 16.6. The number of benzene rings is 2. The fraction of sp³-hybridized carbons (Fsp3) is 0.125. The van der Waals surface area contributed by atoms with E-state index < -0.39 is 11.7 Å². The molecule has 0 unspecified atom stereocenters. The van der Waals surface area contributed by atoms with Crippen LogP contribution in [0.1, 0.15) is 21.5 Å². The van der Waals surface area contributed by atoms with E-state index in [1.54, 1.807) is 12.1 Å². The molecule has 1 aromatic heterocycles. The third-order valence-corrected chi connectivity index (χ3v) is 4.18. The van der Waals surface area contributed by atoms with Crippen LogP contribution in [-0.2, 0) is 6.18 Å². The van der Waals surface area contributed by atoms with Crippen molar-refractivity contribution in [2.24, 2.45) is 0 Å². The van der Waals surface area contributed by atoms with Crippen molar-refractivity contribution in [1.82, 2.24) is 4.98 Å². The Hall–Kier alpha value is -2.41. The minimum atomic E-state index is -4.40. The summed E-state index contributed by atoms with van der Waals surface area (Å²) in [5.41, 5.74) is 1.18. The quantitative estimate of drug-likeness (QED) is 0.725. The average Bonchev–Trinajstić information content (AvgIpc) is 2.88. The van der Waals surface area contributed by atoms with Crippen LogP contribution in [-0.4, -0.2) is 10.9 Å². The maximum atomic E-state index is 12.7. The zero-order valence-electron chi connectivity index (χ0n) is 11.9. The summed E-state index contributed by atoms with van der Waals surface area (Å²) in [5.74, 6) is -0.347. The topological polar surface area (TPSA) is 42.0 Å². The van der Waals surface area contributed by atoms with E-state index in [2.05, 4.69) is 10.3 Å². The number of rotatable bonds is 2. The van der Waals surface area contributed by atoms with Gasteiger partial charge in [0.2, 0.25) is 0 Å². The summed E-state index contributed by atoms with van der Waals surface area (Å²) in [5, 5.41) is 2.88. The van der Waals surface area contributed by atoms with Gasteiger partial charge in [-0.15, -0.1) is 0 Å². The lowest BCUT2D eigenvalue weighted by Crippen LogP contribution is -2.11. The van der Waals surface area contributed by atoms with Gasteiger partial charge >= 0.3 is 6.18 Å². The number of aromatic nitrogens is 1. The molecule has 2 aromatic carbocycles. The van der Waals surface area contributed by atoms with Crippen LogP contribution in [0.25, 0.3) is 10.2 Å². The molecule has 0 saturated carbocycles. The van der Waals surface area contributed by atoms with Gasteiger partial charge in [0.1, 0.15) is 0 Å². The highest BCUT2D eigenvalue weighted by Gasteiger charge is 2.30. The molecule has 0 atom stereocenters. The zero-order valence-corrected chi connectivity index (χ0v) is 12.8. The van der Waals surface area contributed by atoms with Crippen LogP contribution in [0.15, 0.2) is 42.5 Å². The average molecular weight is 336 g/mol. The van der Waals surface area contributed by atoms with Crippen molar-refractivity contribution in [2.75, 3.05) is 5.32 Å². The highest BCUT2D eigenvalue weighted by molar-refractivity contribution is 7.22. The molecule has 0 spiro atoms. The molecule has 3 nitrogen and oxygen atoms in total. The lowest BCUT2D eigenvalue weighted by atomic mass is 10.1. The molecule has 0 radical (unpaired) electrons. The number of halogens is 3. The van der Waals surface area contributed by atoms with Crippen molar-refractivity contribution in [2.45, 2.75) is 13.1 Å². The molecule has 23 heavy (non-hydrogen) atoms. The molecular weight excluding hydrogens is 325 g/mol. The minimum absolute atomic E-state index is 0.268. The molecule has 0 aliphatic carbocycles. The third kappa shape index (κ3) is 3.34. The van der Waals surface area contributed by atoms with Gasteiger partial charge in [0, 0.05) is 5.56 Å². The van der Waals surface area contributed by atoms with E-state index in [-0.39, 0.29) is 11.0 Å². The lowest BCUT2D eigenvalue weighted by Gasteiger charge is -2.04. The molecule has 7 heteroatoms. The molecular formula is C16H11F3N2OS. The smallest absolute Gasteiger partial charge is 0.298 e. The maximum Gasteiger partial charge on any atom is 0.416 e. The summed E-state index contributed by atoms with van der Waals surface area (Å²) < 4.78 is 38.5. The number of hydrogen-bond acceptors (Lipinski definition) is 3. The van der Waals surface area contributed by atoms with Crippen molar-refractivity contribution in [3.63, 3.8) is 0 Å². The molecule has 0 saturated heterocycles. The highest BCUT2D eigenvalue weighted by atomic mass is 32.1. The fourth-order valence-electron chi connectivity index (χ4n) is 2.03. The SMILES string of the molecule is Cc1ccc(C(=O)Nc2nc3ccc(C(F)(F)F)cc3s2)cc1. The second kappa shape index (κ2) is 5.66. The van der Waals surface area contributed by atoms with Gasteiger partial charge in [0.15, 0.2) is 5.13 Å². The summed E-state index contributed by atoms with van der Waals surface area (Å²) in [6, 6.07) is 10.3. The van der Waals surface area contributed by atoms with Gasteiger partial charge in [0.05, 0.1) is 15.8 Å². The number of hydrogen-bond donors (Lipinski definition) is 1. The Labute approximate surface area is 133 Å². The van der Waals surface area contributed by atoms with Gasteiger partial charge in [-0.05, 0) is 37.3 Å². The lowest BCUT2D eigenvalue weighted by molar-refractivity contribution is -0.137. The van der Waals surface area contributed by atoms with Crippen LogP contribution in [0, 0.1) is 6.92 Å². The van der Waals surface area contributed by atoms with Crippen LogP contribution in [0.5, 0.6) is 0 Å². The Balaban J connectivity index is 1.86. The summed E-state index contributed by atoms with van der Waals surface area (Å²) in [6.07, 6.45) is -4.40. The third-order valence-electron chi connectivity index (χ3n) is 3.25. The Bertz CT molecular complexity index is 869. The molecule has 1 amide bonds. The van der Waals surface area contributed by atoms with E-state index in [0.29, 0.717) is 15.8 Å². The summed E-state index contributed by atoms with van der Waals surface area (Å²) in [6.45, 7) is 1.91. The highest BCUT2D eigenvalue weighted by Crippen LogP contribution is 2.34. The van der Waals surface area contributed by atoms with E-state index in [4.69, 9.17) is 0 Å². The van der Waals surface area contributed by atoms with E-state index in [1.165, 1.54) is 6.07 Å². The number of carbonyl (C=O) groups excluding carboxylic acids is 1. The Morgan fingerprint density at radius 1 is 1.13 bits per heavy atom. The number of nitrogens with zero attached hydrogens (tertiary/aromatic N) is 1. The largest absolute Gasteiger partial charge is 0.416 e. The van der Waals surface area contributed by atoms with Gasteiger partial charge in [-0.25, -0.2) is 4.98 Å². The van der Waals surface area contributed by atoms with Gasteiger partial charge in [-0.3, -0.25) is 10.1 Å². The first-order valence-corrected chi connectivity index (χ1v) is 7.50. The van der Waals surface area contributed by atoms with Gasteiger partial charge < -0.3 is 0 Å². The second-order valence-corrected chi connectivity index (χ2v) is 6.05. The van der Waals surface area contributed by atoms with Crippen LogP contribution < -0.4 is 5.32 Å². The number of amides is 1. The van der Waals surface area contributed by atoms with E-state index in [0.717, 1.165) is 29.0 Å². The normalized spacial score (nSPS) is 11.7. The summed E-state index contributed by atoms with van der Waals surface area (Å²) >= 11 is 1.01. The number of nitrogens with one attached hydrogen (secondary N) is 1. The molecule has 3 aromatic rings. The van der Waals surface area contributed by atoms with E-state index in [1.807, 2.05) is 19.1 Å². The van der Waals surface area contributed by atoms with Crippen molar-refractivity contribution >= 4 is 32.6 Å². The summed E-state index contributed by atoms with van der Waals surface area (Å²) in [7, 11) is 0. The predicted octanol–water partition coefficient (Wildman–Crippen LogP) is 4.88. The minimum Gasteiger partial charge on any atom is -0.298 e. The maximum absolute atomic E-state index is 12.7. The van der Waals surface area contributed by atoms with Crippen molar-refractivity contribution < 1.29 is 18.0 Å². The molecule has 1 N–H and O–H groups in total. The first-order chi connectivity index (χ1) is 10.8. The predicted molar refractivity (Wildman–Crippen MR) is 83.8 cm³/mol. The number of fused-ring (bicyclic) bond motifs is 1. The second-order valence-electron chi connectivity index (χ2n) is 5.02. The molecule has 3 rings (SSSR count). The molecule has 0 bridgehead atoms. The van der Waals surface area contributed by atoms with Crippen LogP contribution in [0.2, 0.25) is 0 Å². The van der Waals surface area contributed by atoms with Crippen LogP contribution in [0.3, 0.4) is 0 Å². The molecule has 0 aliphatic heterocycles. The van der Waals surface area contributed by atoms with Crippen molar-refractivity contribution in [1.29, 1.82) is 0 Å². The Morgan fingerprint density at radius 3 is 2.48 bits per heavy atom. The van der Waals surface area contributed by atoms with Crippen molar-refractivity contribution in [3.05, 3.63) is 59.2 Å². The van der Waals surface area contributed by atoms with Gasteiger partial charge in [-0.1, -0.05) is 29.0 Å². The number of aryl methyl sites for hydroxylation is 1. The van der Waals surface area contributed by atoms with Gasteiger partial charge in [-0.2, -0.15) is 13.2 Å². The molecule has 0 aliphatic rings. The first-order valence-electron chi connectivity index (χ1n) is 6.69. The number of anilines is 1. The fourth-order valence-corrected chi connectivity index (χ4v) is 2.93. The Morgan fingerprint density at radius 2 is 1.83 bits per heavy atom. The summed E-state index contributed by atoms with van der Waals surface area (Å²) in [4.78, 5) is 16.2. The molecule has 118 valence electrons.